The highest BCUT2D eigenvalue weighted by Gasteiger charge is 2.24. The predicted octanol–water partition coefficient (Wildman–Crippen LogP) is 0.419. The predicted molar refractivity (Wildman–Crippen MR) is 70.5 cm³/mol. The van der Waals surface area contributed by atoms with Gasteiger partial charge in [-0.25, -0.2) is 9.59 Å². The Labute approximate surface area is 117 Å². The first-order chi connectivity index (χ1) is 9.18. The van der Waals surface area contributed by atoms with E-state index in [1.165, 1.54) is 7.11 Å². The summed E-state index contributed by atoms with van der Waals surface area (Å²) in [6.07, 6.45) is 0.0933. The van der Waals surface area contributed by atoms with Gasteiger partial charge in [0.15, 0.2) is 0 Å². The summed E-state index contributed by atoms with van der Waals surface area (Å²) in [4.78, 5) is 33.0. The van der Waals surface area contributed by atoms with Crippen molar-refractivity contribution in [1.82, 2.24) is 10.6 Å². The van der Waals surface area contributed by atoms with Crippen molar-refractivity contribution in [2.75, 3.05) is 13.7 Å². The van der Waals surface area contributed by atoms with Gasteiger partial charge in [0.25, 0.3) is 0 Å². The first-order valence-electron chi connectivity index (χ1n) is 6.20. The number of amides is 2. The first-order valence-corrected chi connectivity index (χ1v) is 6.20. The number of urea groups is 1. The van der Waals surface area contributed by atoms with Gasteiger partial charge in [-0.05, 0) is 26.7 Å². The lowest BCUT2D eigenvalue weighted by molar-refractivity contribution is -0.140. The van der Waals surface area contributed by atoms with Gasteiger partial charge in [0.05, 0.1) is 12.1 Å². The molecule has 4 N–H and O–H groups in total. The number of ether oxygens (including phenoxy) is 1. The monoisotopic (exact) mass is 290 g/mol. The number of carbonyl (C=O) groups excluding carboxylic acids is 1. The minimum Gasteiger partial charge on any atom is -0.481 e. The van der Waals surface area contributed by atoms with Gasteiger partial charge in [0.2, 0.25) is 0 Å². The van der Waals surface area contributed by atoms with Crippen molar-refractivity contribution in [3.63, 3.8) is 0 Å². The summed E-state index contributed by atoms with van der Waals surface area (Å²) in [7, 11) is 1.49. The number of carbonyl (C=O) groups is 3. The molecule has 8 heteroatoms. The Hall–Kier alpha value is -1.83. The summed E-state index contributed by atoms with van der Waals surface area (Å²) < 4.78 is 4.93. The van der Waals surface area contributed by atoms with Gasteiger partial charge in [0, 0.05) is 13.5 Å². The number of carboxylic acids is 2. The zero-order valence-electron chi connectivity index (χ0n) is 11.9. The molecule has 2 amide bonds. The molecule has 0 aliphatic carbocycles. The zero-order chi connectivity index (χ0) is 15.8. The topological polar surface area (TPSA) is 125 Å². The van der Waals surface area contributed by atoms with Gasteiger partial charge in [0.1, 0.15) is 6.04 Å². The molecular weight excluding hydrogens is 268 g/mol. The molecule has 8 nitrogen and oxygen atoms in total. The van der Waals surface area contributed by atoms with Crippen LogP contribution in [0.4, 0.5) is 4.79 Å². The molecule has 0 saturated carbocycles. The Bertz CT molecular complexity index is 356. The molecule has 0 radical (unpaired) electrons. The highest BCUT2D eigenvalue weighted by Crippen LogP contribution is 2.04. The van der Waals surface area contributed by atoms with Crippen LogP contribution in [0.25, 0.3) is 0 Å². The second-order valence-corrected chi connectivity index (χ2v) is 5.09. The van der Waals surface area contributed by atoms with Crippen LogP contribution in [0.15, 0.2) is 0 Å². The Morgan fingerprint density at radius 3 is 2.30 bits per heavy atom. The molecule has 0 spiro atoms. The maximum absolute atomic E-state index is 11.7. The lowest BCUT2D eigenvalue weighted by Gasteiger charge is -2.26. The smallest absolute Gasteiger partial charge is 0.326 e. The summed E-state index contributed by atoms with van der Waals surface area (Å²) in [6.45, 7) is 3.74. The Balaban J connectivity index is 4.34. The van der Waals surface area contributed by atoms with E-state index in [1.54, 1.807) is 13.8 Å². The van der Waals surface area contributed by atoms with Crippen LogP contribution in [0.1, 0.15) is 33.1 Å². The standard InChI is InChI=1S/C12H22N2O6/c1-12(2,7-20-3)14-11(19)13-8(10(17)18)5-4-6-9(15)16/h8H,4-7H2,1-3H3,(H,15,16)(H,17,18)(H2,13,14,19)/t8-/m1/s1. The van der Waals surface area contributed by atoms with Crippen molar-refractivity contribution < 1.29 is 29.3 Å². The van der Waals surface area contributed by atoms with Crippen LogP contribution in [-0.2, 0) is 14.3 Å². The van der Waals surface area contributed by atoms with Crippen LogP contribution in [0.2, 0.25) is 0 Å². The van der Waals surface area contributed by atoms with E-state index in [0.717, 1.165) is 0 Å². The van der Waals surface area contributed by atoms with Crippen molar-refractivity contribution in [2.45, 2.75) is 44.7 Å². The van der Waals surface area contributed by atoms with E-state index >= 15 is 0 Å². The molecule has 0 aliphatic rings. The van der Waals surface area contributed by atoms with Crippen molar-refractivity contribution in [2.24, 2.45) is 0 Å². The van der Waals surface area contributed by atoms with Crippen LogP contribution >= 0.6 is 0 Å². The van der Waals surface area contributed by atoms with E-state index in [1.807, 2.05) is 0 Å². The third kappa shape index (κ3) is 8.30. The van der Waals surface area contributed by atoms with Crippen LogP contribution in [0.3, 0.4) is 0 Å². The molecule has 0 aromatic carbocycles. The van der Waals surface area contributed by atoms with Gasteiger partial charge in [-0.15, -0.1) is 0 Å². The molecule has 20 heavy (non-hydrogen) atoms. The summed E-state index contributed by atoms with van der Waals surface area (Å²) in [6, 6.07) is -1.75. The van der Waals surface area contributed by atoms with Crippen LogP contribution in [0, 0.1) is 0 Å². The second kappa shape index (κ2) is 8.36. The van der Waals surface area contributed by atoms with Gasteiger partial charge in [-0.1, -0.05) is 0 Å². The Morgan fingerprint density at radius 2 is 1.85 bits per heavy atom. The Kier molecular flexibility index (Phi) is 7.60. The number of hydrogen-bond acceptors (Lipinski definition) is 4. The normalized spacial score (nSPS) is 12.6. The highest BCUT2D eigenvalue weighted by molar-refractivity contribution is 5.82. The number of nitrogens with one attached hydrogen (secondary N) is 2. The molecule has 0 rings (SSSR count). The molecule has 0 bridgehead atoms. The van der Waals surface area contributed by atoms with Gasteiger partial charge in [-0.3, -0.25) is 4.79 Å². The average Bonchev–Trinajstić information content (AvgIpc) is 2.25. The zero-order valence-corrected chi connectivity index (χ0v) is 11.9. The van der Waals surface area contributed by atoms with E-state index in [-0.39, 0.29) is 25.9 Å². The number of rotatable bonds is 9. The van der Waals surface area contributed by atoms with Crippen molar-refractivity contribution >= 4 is 18.0 Å². The number of carboxylic acid groups (broad SMARTS) is 2. The molecule has 0 aromatic heterocycles. The minimum absolute atomic E-state index is 0.0553. The van der Waals surface area contributed by atoms with E-state index < -0.39 is 29.6 Å². The summed E-state index contributed by atoms with van der Waals surface area (Å²) in [5, 5.41) is 22.4. The second-order valence-electron chi connectivity index (χ2n) is 5.09. The third-order valence-electron chi connectivity index (χ3n) is 2.44. The third-order valence-corrected chi connectivity index (χ3v) is 2.44. The quantitative estimate of drug-likeness (QED) is 0.487. The maximum Gasteiger partial charge on any atom is 0.326 e. The fourth-order valence-electron chi connectivity index (χ4n) is 1.61. The van der Waals surface area contributed by atoms with E-state index in [2.05, 4.69) is 10.6 Å². The molecule has 0 aliphatic heterocycles. The molecule has 0 fully saturated rings. The van der Waals surface area contributed by atoms with E-state index in [0.29, 0.717) is 0 Å². The van der Waals surface area contributed by atoms with Gasteiger partial charge >= 0.3 is 18.0 Å². The van der Waals surface area contributed by atoms with E-state index in [9.17, 15) is 14.4 Å². The maximum atomic E-state index is 11.7. The van der Waals surface area contributed by atoms with Crippen LogP contribution < -0.4 is 10.6 Å². The molecular formula is C12H22N2O6. The van der Waals surface area contributed by atoms with E-state index in [4.69, 9.17) is 14.9 Å². The molecule has 0 aromatic rings. The highest BCUT2D eigenvalue weighted by atomic mass is 16.5. The van der Waals surface area contributed by atoms with Gasteiger partial charge in [-0.2, -0.15) is 0 Å². The number of methoxy groups -OCH3 is 1. The molecule has 0 heterocycles. The lowest BCUT2D eigenvalue weighted by atomic mass is 10.1. The number of aliphatic carboxylic acids is 2. The fourth-order valence-corrected chi connectivity index (χ4v) is 1.61. The molecule has 0 saturated heterocycles. The first kappa shape index (κ1) is 18.2. The largest absolute Gasteiger partial charge is 0.481 e. The van der Waals surface area contributed by atoms with Crippen LogP contribution in [-0.4, -0.2) is 53.5 Å². The SMILES string of the molecule is COCC(C)(C)NC(=O)N[C@H](CCCC(=O)O)C(=O)O. The number of hydrogen-bond donors (Lipinski definition) is 4. The average molecular weight is 290 g/mol. The molecule has 116 valence electrons. The van der Waals surface area contributed by atoms with Crippen LogP contribution in [0.5, 0.6) is 0 Å². The summed E-state index contributed by atoms with van der Waals surface area (Å²) in [5.41, 5.74) is -0.636. The summed E-state index contributed by atoms with van der Waals surface area (Å²) >= 11 is 0. The lowest BCUT2D eigenvalue weighted by Crippen LogP contribution is -2.54. The van der Waals surface area contributed by atoms with Crippen molar-refractivity contribution in [3.8, 4) is 0 Å². The summed E-state index contributed by atoms with van der Waals surface area (Å²) in [5.74, 6) is -2.20. The fraction of sp³-hybridized carbons (Fsp3) is 0.750. The molecule has 0 unspecified atom stereocenters. The van der Waals surface area contributed by atoms with Crippen molar-refractivity contribution in [1.29, 1.82) is 0 Å². The molecule has 1 atom stereocenters. The van der Waals surface area contributed by atoms with Gasteiger partial charge < -0.3 is 25.6 Å². The van der Waals surface area contributed by atoms with Crippen molar-refractivity contribution in [3.05, 3.63) is 0 Å². The Morgan fingerprint density at radius 1 is 1.25 bits per heavy atom. The minimum atomic E-state index is -1.20.